The summed E-state index contributed by atoms with van der Waals surface area (Å²) in [7, 11) is 3.31. The minimum atomic E-state index is 0.236. The Balaban J connectivity index is 2.15. The maximum absolute atomic E-state index is 5.37. The number of hydrogen-bond acceptors (Lipinski definition) is 6. The fourth-order valence-corrected chi connectivity index (χ4v) is 2.73. The summed E-state index contributed by atoms with van der Waals surface area (Å²) in [6.07, 6.45) is 0. The average molecular weight is 294 g/mol. The van der Waals surface area contributed by atoms with Crippen LogP contribution in [-0.4, -0.2) is 34.4 Å². The van der Waals surface area contributed by atoms with Gasteiger partial charge in [-0.2, -0.15) is 0 Å². The molecule has 2 aromatic rings. The second kappa shape index (κ2) is 6.60. The zero-order chi connectivity index (χ0) is 14.5. The Hall–Kier alpha value is -1.76. The van der Waals surface area contributed by atoms with Crippen LogP contribution in [0.15, 0.2) is 23.4 Å². The highest BCUT2D eigenvalue weighted by atomic mass is 32.2. The number of benzene rings is 1. The molecular weight excluding hydrogens is 276 g/mol. The summed E-state index contributed by atoms with van der Waals surface area (Å²) in [6.45, 7) is 4.10. The van der Waals surface area contributed by atoms with E-state index in [4.69, 9.17) is 9.47 Å². The third-order valence-electron chi connectivity index (χ3n) is 2.80. The van der Waals surface area contributed by atoms with Gasteiger partial charge in [0.15, 0.2) is 0 Å². The van der Waals surface area contributed by atoms with Crippen LogP contribution in [-0.2, 0) is 5.75 Å². The van der Waals surface area contributed by atoms with E-state index in [-0.39, 0.29) is 6.04 Å². The SMILES string of the molecule is COc1ccc(OC)c(CSc2nnnn2C(C)C)c1. The summed E-state index contributed by atoms with van der Waals surface area (Å²) >= 11 is 1.58. The summed E-state index contributed by atoms with van der Waals surface area (Å²) in [5, 5.41) is 12.5. The first-order valence-corrected chi connectivity index (χ1v) is 7.25. The van der Waals surface area contributed by atoms with E-state index in [0.717, 1.165) is 22.2 Å². The number of nitrogens with zero attached hydrogens (tertiary/aromatic N) is 4. The van der Waals surface area contributed by atoms with Crippen molar-refractivity contribution in [3.8, 4) is 11.5 Å². The van der Waals surface area contributed by atoms with Crippen molar-refractivity contribution in [3.63, 3.8) is 0 Å². The first kappa shape index (κ1) is 14.6. The van der Waals surface area contributed by atoms with E-state index in [1.165, 1.54) is 0 Å². The first-order valence-electron chi connectivity index (χ1n) is 6.27. The molecule has 0 radical (unpaired) electrons. The molecule has 7 heteroatoms. The lowest BCUT2D eigenvalue weighted by Crippen LogP contribution is -2.04. The van der Waals surface area contributed by atoms with Crippen LogP contribution >= 0.6 is 11.8 Å². The van der Waals surface area contributed by atoms with E-state index in [0.29, 0.717) is 5.75 Å². The standard InChI is InChI=1S/C13H18N4O2S/c1-9(2)17-13(14-15-16-17)20-8-10-7-11(18-3)5-6-12(10)19-4/h5-7,9H,8H2,1-4H3. The van der Waals surface area contributed by atoms with Gasteiger partial charge >= 0.3 is 0 Å². The van der Waals surface area contributed by atoms with Crippen LogP contribution in [0.2, 0.25) is 0 Å². The quantitative estimate of drug-likeness (QED) is 0.763. The molecule has 0 amide bonds. The lowest BCUT2D eigenvalue weighted by Gasteiger charge is -2.11. The highest BCUT2D eigenvalue weighted by Crippen LogP contribution is 2.30. The normalized spacial score (nSPS) is 10.8. The monoisotopic (exact) mass is 294 g/mol. The molecule has 0 atom stereocenters. The third kappa shape index (κ3) is 3.22. The molecule has 0 aliphatic rings. The van der Waals surface area contributed by atoms with Crippen molar-refractivity contribution < 1.29 is 9.47 Å². The van der Waals surface area contributed by atoms with E-state index >= 15 is 0 Å². The molecule has 108 valence electrons. The molecule has 1 aromatic carbocycles. The van der Waals surface area contributed by atoms with Gasteiger partial charge in [0.1, 0.15) is 11.5 Å². The van der Waals surface area contributed by atoms with E-state index in [9.17, 15) is 0 Å². The molecule has 0 aliphatic heterocycles. The van der Waals surface area contributed by atoms with Gasteiger partial charge in [0.2, 0.25) is 5.16 Å². The molecule has 0 unspecified atom stereocenters. The topological polar surface area (TPSA) is 62.1 Å². The van der Waals surface area contributed by atoms with Crippen molar-refractivity contribution in [3.05, 3.63) is 23.8 Å². The van der Waals surface area contributed by atoms with Crippen LogP contribution in [0.1, 0.15) is 25.5 Å². The predicted octanol–water partition coefficient (Wildman–Crippen LogP) is 2.56. The second-order valence-corrected chi connectivity index (χ2v) is 5.41. The lowest BCUT2D eigenvalue weighted by atomic mass is 10.2. The zero-order valence-corrected chi connectivity index (χ0v) is 12.8. The molecule has 0 spiro atoms. The van der Waals surface area contributed by atoms with Gasteiger partial charge in [-0.05, 0) is 42.5 Å². The number of hydrogen-bond donors (Lipinski definition) is 0. The maximum atomic E-state index is 5.37. The summed E-state index contributed by atoms with van der Waals surface area (Å²) in [6, 6.07) is 5.99. The molecule has 1 aromatic heterocycles. The first-order chi connectivity index (χ1) is 9.65. The van der Waals surface area contributed by atoms with Gasteiger partial charge < -0.3 is 9.47 Å². The lowest BCUT2D eigenvalue weighted by molar-refractivity contribution is 0.400. The molecule has 0 saturated heterocycles. The number of methoxy groups -OCH3 is 2. The molecule has 2 rings (SSSR count). The summed E-state index contributed by atoms with van der Waals surface area (Å²) in [5.41, 5.74) is 1.05. The number of tetrazole rings is 1. The molecule has 20 heavy (non-hydrogen) atoms. The average Bonchev–Trinajstić information content (AvgIpc) is 2.93. The van der Waals surface area contributed by atoms with Gasteiger partial charge in [0, 0.05) is 11.3 Å². The minimum Gasteiger partial charge on any atom is -0.497 e. The minimum absolute atomic E-state index is 0.236. The van der Waals surface area contributed by atoms with Crippen LogP contribution in [0.5, 0.6) is 11.5 Å². The van der Waals surface area contributed by atoms with Crippen molar-refractivity contribution in [1.29, 1.82) is 0 Å². The number of thioether (sulfide) groups is 1. The summed E-state index contributed by atoms with van der Waals surface area (Å²) in [5.74, 6) is 2.36. The molecule has 6 nitrogen and oxygen atoms in total. The fourth-order valence-electron chi connectivity index (χ4n) is 1.74. The Bertz CT molecular complexity index is 571. The number of rotatable bonds is 6. The Morgan fingerprint density at radius 3 is 2.70 bits per heavy atom. The highest BCUT2D eigenvalue weighted by molar-refractivity contribution is 7.98. The Kier molecular flexibility index (Phi) is 4.84. The van der Waals surface area contributed by atoms with E-state index in [1.807, 2.05) is 32.0 Å². The van der Waals surface area contributed by atoms with E-state index in [2.05, 4.69) is 15.5 Å². The molecule has 0 fully saturated rings. The molecule has 0 N–H and O–H groups in total. The van der Waals surface area contributed by atoms with Crippen molar-refractivity contribution >= 4 is 11.8 Å². The van der Waals surface area contributed by atoms with Crippen LogP contribution < -0.4 is 9.47 Å². The van der Waals surface area contributed by atoms with Gasteiger partial charge in [-0.15, -0.1) is 5.10 Å². The molecule has 0 saturated carbocycles. The molecule has 0 aliphatic carbocycles. The second-order valence-electron chi connectivity index (χ2n) is 4.47. The van der Waals surface area contributed by atoms with Crippen LogP contribution in [0.3, 0.4) is 0 Å². The van der Waals surface area contributed by atoms with Gasteiger partial charge in [-0.25, -0.2) is 4.68 Å². The van der Waals surface area contributed by atoms with Crippen molar-refractivity contribution in [1.82, 2.24) is 20.2 Å². The van der Waals surface area contributed by atoms with Gasteiger partial charge in [-0.3, -0.25) is 0 Å². The van der Waals surface area contributed by atoms with E-state index in [1.54, 1.807) is 30.7 Å². The highest BCUT2D eigenvalue weighted by Gasteiger charge is 2.12. The smallest absolute Gasteiger partial charge is 0.209 e. The summed E-state index contributed by atoms with van der Waals surface area (Å²) in [4.78, 5) is 0. The largest absolute Gasteiger partial charge is 0.497 e. The predicted molar refractivity (Wildman–Crippen MR) is 77.3 cm³/mol. The maximum Gasteiger partial charge on any atom is 0.209 e. The Labute approximate surface area is 122 Å². The van der Waals surface area contributed by atoms with Crippen LogP contribution in [0, 0.1) is 0 Å². The summed E-state index contributed by atoms with van der Waals surface area (Å²) < 4.78 is 12.4. The number of aromatic nitrogens is 4. The molecule has 1 heterocycles. The Morgan fingerprint density at radius 1 is 1.25 bits per heavy atom. The van der Waals surface area contributed by atoms with Crippen LogP contribution in [0.25, 0.3) is 0 Å². The van der Waals surface area contributed by atoms with Crippen LogP contribution in [0.4, 0.5) is 0 Å². The molecule has 0 bridgehead atoms. The van der Waals surface area contributed by atoms with Gasteiger partial charge in [0.25, 0.3) is 0 Å². The van der Waals surface area contributed by atoms with Gasteiger partial charge in [-0.1, -0.05) is 11.8 Å². The van der Waals surface area contributed by atoms with Crippen molar-refractivity contribution in [2.45, 2.75) is 30.8 Å². The molecular formula is C13H18N4O2S. The number of ether oxygens (including phenoxy) is 2. The van der Waals surface area contributed by atoms with Crippen molar-refractivity contribution in [2.24, 2.45) is 0 Å². The Morgan fingerprint density at radius 2 is 2.05 bits per heavy atom. The fraction of sp³-hybridized carbons (Fsp3) is 0.462. The zero-order valence-electron chi connectivity index (χ0n) is 12.0. The van der Waals surface area contributed by atoms with Crippen molar-refractivity contribution in [2.75, 3.05) is 14.2 Å². The van der Waals surface area contributed by atoms with Gasteiger partial charge in [0.05, 0.1) is 20.3 Å². The third-order valence-corrected chi connectivity index (χ3v) is 3.78. The van der Waals surface area contributed by atoms with E-state index < -0.39 is 0 Å².